The van der Waals surface area contributed by atoms with E-state index in [-0.39, 0.29) is 30.7 Å². The predicted octanol–water partition coefficient (Wildman–Crippen LogP) is 6.30. The first kappa shape index (κ1) is 23.9. The maximum absolute atomic E-state index is 13.0. The number of pyridine rings is 2. The Kier molecular flexibility index (Phi) is 8.44. The maximum Gasteiger partial charge on any atom is 0.252 e. The van der Waals surface area contributed by atoms with E-state index in [0.29, 0.717) is 21.3 Å². The van der Waals surface area contributed by atoms with E-state index >= 15 is 0 Å². The molecule has 4 nitrogen and oxygen atoms in total. The van der Waals surface area contributed by atoms with Crippen molar-refractivity contribution in [1.82, 2.24) is 15.3 Å². The van der Waals surface area contributed by atoms with Crippen molar-refractivity contribution in [2.75, 3.05) is 0 Å². The lowest BCUT2D eigenvalue weighted by molar-refractivity contribution is 0.0942. The van der Waals surface area contributed by atoms with Gasteiger partial charge in [-0.15, -0.1) is 24.8 Å². The van der Waals surface area contributed by atoms with Crippen molar-refractivity contribution >= 4 is 64.7 Å². The summed E-state index contributed by atoms with van der Waals surface area (Å²) >= 11 is 12.2. The lowest BCUT2D eigenvalue weighted by Crippen LogP contribution is -2.30. The minimum atomic E-state index is -0.461. The van der Waals surface area contributed by atoms with Gasteiger partial charge in [0.05, 0.1) is 21.8 Å². The lowest BCUT2D eigenvalue weighted by atomic mass is 10.0. The second kappa shape index (κ2) is 10.6. The number of carbonyl (C=O) groups excluding carboxylic acids is 1. The van der Waals surface area contributed by atoms with Crippen LogP contribution >= 0.6 is 48.0 Å². The molecule has 1 amide bonds. The van der Waals surface area contributed by atoms with E-state index < -0.39 is 6.04 Å². The van der Waals surface area contributed by atoms with Gasteiger partial charge in [0.2, 0.25) is 0 Å². The van der Waals surface area contributed by atoms with Crippen molar-refractivity contribution in [2.24, 2.45) is 0 Å². The molecular formula is C22H17Cl4N3O. The van der Waals surface area contributed by atoms with Gasteiger partial charge in [-0.1, -0.05) is 41.4 Å². The van der Waals surface area contributed by atoms with Crippen LogP contribution in [0.3, 0.4) is 0 Å². The maximum atomic E-state index is 13.0. The largest absolute Gasteiger partial charge is 0.340 e. The molecule has 4 aromatic rings. The van der Waals surface area contributed by atoms with Crippen molar-refractivity contribution in [3.8, 4) is 0 Å². The molecule has 2 heterocycles. The topological polar surface area (TPSA) is 54.9 Å². The van der Waals surface area contributed by atoms with E-state index in [9.17, 15) is 4.79 Å². The molecule has 0 aliphatic rings. The van der Waals surface area contributed by atoms with Gasteiger partial charge in [-0.05, 0) is 53.4 Å². The zero-order valence-electron chi connectivity index (χ0n) is 15.5. The van der Waals surface area contributed by atoms with Crippen LogP contribution in [0.2, 0.25) is 10.0 Å². The fraction of sp³-hybridized carbons (Fsp3) is 0.0455. The molecule has 1 N–H and O–H groups in total. The summed E-state index contributed by atoms with van der Waals surface area (Å²) in [5.41, 5.74) is 2.06. The molecule has 0 bridgehead atoms. The van der Waals surface area contributed by atoms with Crippen LogP contribution in [0, 0.1) is 0 Å². The lowest BCUT2D eigenvalue weighted by Gasteiger charge is -2.19. The van der Waals surface area contributed by atoms with Crippen LogP contribution in [-0.4, -0.2) is 15.9 Å². The zero-order valence-corrected chi connectivity index (χ0v) is 18.6. The van der Waals surface area contributed by atoms with Crippen LogP contribution in [0.15, 0.2) is 79.3 Å². The molecule has 0 spiro atoms. The quantitative estimate of drug-likeness (QED) is 0.372. The van der Waals surface area contributed by atoms with E-state index in [1.54, 1.807) is 36.8 Å². The molecule has 0 aliphatic carbocycles. The van der Waals surface area contributed by atoms with E-state index in [1.807, 2.05) is 42.5 Å². The molecule has 2 aromatic carbocycles. The molecule has 154 valence electrons. The number of rotatable bonds is 4. The summed E-state index contributed by atoms with van der Waals surface area (Å²) in [6.45, 7) is 0. The van der Waals surface area contributed by atoms with Crippen LogP contribution in [0.4, 0.5) is 0 Å². The van der Waals surface area contributed by atoms with Crippen molar-refractivity contribution in [3.63, 3.8) is 0 Å². The molecule has 4 rings (SSSR count). The van der Waals surface area contributed by atoms with Gasteiger partial charge in [0.15, 0.2) is 0 Å². The average molecular weight is 481 g/mol. The van der Waals surface area contributed by atoms with Crippen LogP contribution in [-0.2, 0) is 0 Å². The number of halogens is 4. The standard InChI is InChI=1S/C22H15Cl2N3O.2ClH/c23-18-7-6-15(12-19(18)24)21(20-3-1-2-9-26-20)27-22(28)16-4-5-17-13-25-10-8-14(17)11-16;;/h1-13,21H,(H,27,28);2*1H. The van der Waals surface area contributed by atoms with Crippen LogP contribution in [0.5, 0.6) is 0 Å². The molecule has 1 atom stereocenters. The highest BCUT2D eigenvalue weighted by molar-refractivity contribution is 6.42. The fourth-order valence-corrected chi connectivity index (χ4v) is 3.31. The fourth-order valence-electron chi connectivity index (χ4n) is 3.01. The van der Waals surface area contributed by atoms with Gasteiger partial charge < -0.3 is 5.32 Å². The van der Waals surface area contributed by atoms with Crippen LogP contribution < -0.4 is 5.32 Å². The van der Waals surface area contributed by atoms with Gasteiger partial charge in [-0.3, -0.25) is 14.8 Å². The van der Waals surface area contributed by atoms with E-state index in [4.69, 9.17) is 23.2 Å². The molecule has 0 saturated heterocycles. The molecule has 0 aliphatic heterocycles. The zero-order chi connectivity index (χ0) is 19.5. The minimum absolute atomic E-state index is 0. The molecule has 2 aromatic heterocycles. The Morgan fingerprint density at radius 3 is 2.43 bits per heavy atom. The van der Waals surface area contributed by atoms with Gasteiger partial charge in [0.25, 0.3) is 5.91 Å². The Morgan fingerprint density at radius 2 is 1.70 bits per heavy atom. The molecule has 0 fully saturated rings. The number of fused-ring (bicyclic) bond motifs is 1. The van der Waals surface area contributed by atoms with Crippen LogP contribution in [0.25, 0.3) is 10.8 Å². The number of aromatic nitrogens is 2. The SMILES string of the molecule is Cl.Cl.O=C(NC(c1ccc(Cl)c(Cl)c1)c1ccccn1)c1ccc2cnccc2c1. The van der Waals surface area contributed by atoms with Gasteiger partial charge in [0.1, 0.15) is 0 Å². The van der Waals surface area contributed by atoms with Crippen molar-refractivity contribution in [3.05, 3.63) is 106 Å². The number of nitrogens with one attached hydrogen (secondary N) is 1. The molecule has 0 radical (unpaired) electrons. The first-order valence-corrected chi connectivity index (χ1v) is 9.38. The minimum Gasteiger partial charge on any atom is -0.340 e. The monoisotopic (exact) mass is 479 g/mol. The first-order chi connectivity index (χ1) is 13.6. The van der Waals surface area contributed by atoms with E-state index in [0.717, 1.165) is 16.3 Å². The van der Waals surface area contributed by atoms with Gasteiger partial charge >= 0.3 is 0 Å². The summed E-state index contributed by atoms with van der Waals surface area (Å²) in [5, 5.41) is 5.87. The summed E-state index contributed by atoms with van der Waals surface area (Å²) in [4.78, 5) is 21.5. The number of amides is 1. The smallest absolute Gasteiger partial charge is 0.252 e. The molecule has 1 unspecified atom stereocenters. The van der Waals surface area contributed by atoms with Crippen molar-refractivity contribution in [1.29, 1.82) is 0 Å². The number of benzene rings is 2. The summed E-state index contributed by atoms with van der Waals surface area (Å²) < 4.78 is 0. The van der Waals surface area contributed by atoms with Gasteiger partial charge in [-0.25, -0.2) is 0 Å². The number of nitrogens with zero attached hydrogens (tertiary/aromatic N) is 2. The van der Waals surface area contributed by atoms with Crippen molar-refractivity contribution < 1.29 is 4.79 Å². The highest BCUT2D eigenvalue weighted by atomic mass is 35.5. The Morgan fingerprint density at radius 1 is 0.867 bits per heavy atom. The second-order valence-electron chi connectivity index (χ2n) is 6.27. The van der Waals surface area contributed by atoms with Crippen molar-refractivity contribution in [2.45, 2.75) is 6.04 Å². The summed E-state index contributed by atoms with van der Waals surface area (Å²) in [7, 11) is 0. The van der Waals surface area contributed by atoms with Crippen LogP contribution in [0.1, 0.15) is 27.7 Å². The Hall–Kier alpha value is -2.37. The van der Waals surface area contributed by atoms with E-state index in [1.165, 1.54) is 0 Å². The highest BCUT2D eigenvalue weighted by Crippen LogP contribution is 2.28. The molecule has 0 saturated carbocycles. The van der Waals surface area contributed by atoms with E-state index in [2.05, 4.69) is 15.3 Å². The summed E-state index contributed by atoms with van der Waals surface area (Å²) in [6.07, 6.45) is 5.16. The third-order valence-corrected chi connectivity index (χ3v) is 5.18. The third-order valence-electron chi connectivity index (χ3n) is 4.44. The number of hydrogen-bond donors (Lipinski definition) is 1. The summed E-state index contributed by atoms with van der Waals surface area (Å²) in [6, 6.07) is 17.8. The summed E-state index contributed by atoms with van der Waals surface area (Å²) in [5.74, 6) is -0.208. The normalized spacial score (nSPS) is 11.1. The Balaban J connectivity index is 0.00000160. The second-order valence-corrected chi connectivity index (χ2v) is 7.09. The average Bonchev–Trinajstić information content (AvgIpc) is 2.74. The Labute approximate surface area is 196 Å². The molecule has 30 heavy (non-hydrogen) atoms. The van der Waals surface area contributed by atoms with Gasteiger partial charge in [0, 0.05) is 29.5 Å². The number of carbonyl (C=O) groups is 1. The molecule has 8 heteroatoms. The van der Waals surface area contributed by atoms with Gasteiger partial charge in [-0.2, -0.15) is 0 Å². The predicted molar refractivity (Wildman–Crippen MR) is 126 cm³/mol. The highest BCUT2D eigenvalue weighted by Gasteiger charge is 2.20. The number of hydrogen-bond acceptors (Lipinski definition) is 3. The molecular weight excluding hydrogens is 464 g/mol. The first-order valence-electron chi connectivity index (χ1n) is 8.62. The third kappa shape index (κ3) is 5.21. The Bertz CT molecular complexity index is 1160.